The molecule has 1 amide bonds. The summed E-state index contributed by atoms with van der Waals surface area (Å²) in [5.74, 6) is 0.0213. The number of carbonyl (C=O) groups excluding carboxylic acids is 1. The minimum atomic E-state index is 0.0213. The number of hydrazine groups is 1. The molecule has 6 heteroatoms. The van der Waals surface area contributed by atoms with Gasteiger partial charge in [0.2, 0.25) is 0 Å². The summed E-state index contributed by atoms with van der Waals surface area (Å²) in [6.45, 7) is 3.67. The highest BCUT2D eigenvalue weighted by Gasteiger charge is 2.26. The van der Waals surface area contributed by atoms with Gasteiger partial charge in [0.25, 0.3) is 5.91 Å². The van der Waals surface area contributed by atoms with Gasteiger partial charge in [-0.3, -0.25) is 9.48 Å². The monoisotopic (exact) mass is 273 g/mol. The first-order chi connectivity index (χ1) is 9.65. The molecule has 0 aliphatic carbocycles. The molecule has 0 spiro atoms. The van der Waals surface area contributed by atoms with Crippen LogP contribution in [0, 0.1) is 0 Å². The third-order valence-electron chi connectivity index (χ3n) is 3.59. The van der Waals surface area contributed by atoms with E-state index in [0.717, 1.165) is 42.8 Å². The Hall–Kier alpha value is -2.24. The number of nitrogens with zero attached hydrogens (tertiary/aromatic N) is 3. The van der Waals surface area contributed by atoms with Gasteiger partial charge in [-0.2, -0.15) is 5.10 Å². The quantitative estimate of drug-likeness (QED) is 0.844. The van der Waals surface area contributed by atoms with Crippen LogP contribution in [0.15, 0.2) is 24.0 Å². The molecule has 2 aliphatic rings. The second kappa shape index (κ2) is 5.03. The predicted octanol–water partition coefficient (Wildman–Crippen LogP) is 1.01. The number of rotatable bonds is 2. The van der Waals surface area contributed by atoms with E-state index in [0.29, 0.717) is 5.69 Å². The van der Waals surface area contributed by atoms with Crippen LogP contribution in [0.2, 0.25) is 0 Å². The molecular weight excluding hydrogens is 254 g/mol. The Morgan fingerprint density at radius 1 is 1.35 bits per heavy atom. The fourth-order valence-electron chi connectivity index (χ4n) is 2.59. The van der Waals surface area contributed by atoms with Crippen molar-refractivity contribution in [3.05, 3.63) is 35.3 Å². The summed E-state index contributed by atoms with van der Waals surface area (Å²) in [6, 6.07) is 0. The van der Waals surface area contributed by atoms with Crippen molar-refractivity contribution < 1.29 is 4.79 Å². The molecule has 2 aliphatic heterocycles. The van der Waals surface area contributed by atoms with E-state index in [1.54, 1.807) is 4.68 Å². The molecule has 0 unspecified atom stereocenters. The van der Waals surface area contributed by atoms with Crippen molar-refractivity contribution >= 4 is 11.6 Å². The number of likely N-dealkylation sites (tertiary alicyclic amines) is 1. The first kappa shape index (κ1) is 12.8. The maximum atomic E-state index is 12.6. The van der Waals surface area contributed by atoms with Gasteiger partial charge < -0.3 is 15.8 Å². The Balaban J connectivity index is 1.96. The number of hydrogen-bond acceptors (Lipinski definition) is 4. The van der Waals surface area contributed by atoms with Gasteiger partial charge in [0, 0.05) is 32.5 Å². The van der Waals surface area contributed by atoms with Crippen molar-refractivity contribution in [2.24, 2.45) is 7.05 Å². The van der Waals surface area contributed by atoms with E-state index in [1.807, 2.05) is 37.3 Å². The molecule has 20 heavy (non-hydrogen) atoms. The zero-order chi connectivity index (χ0) is 14.1. The lowest BCUT2D eigenvalue weighted by molar-refractivity contribution is 0.0786. The van der Waals surface area contributed by atoms with Gasteiger partial charge in [-0.05, 0) is 31.4 Å². The van der Waals surface area contributed by atoms with E-state index >= 15 is 0 Å². The van der Waals surface area contributed by atoms with Gasteiger partial charge in [-0.25, -0.2) is 0 Å². The number of aromatic nitrogens is 2. The molecule has 2 N–H and O–H groups in total. The van der Waals surface area contributed by atoms with Crippen LogP contribution in [0.3, 0.4) is 0 Å². The second-order valence-corrected chi connectivity index (χ2v) is 5.28. The maximum Gasteiger partial charge on any atom is 0.275 e. The average Bonchev–Trinajstić information content (AvgIpc) is 3.07. The number of aryl methyl sites for hydroxylation is 1. The van der Waals surface area contributed by atoms with Gasteiger partial charge in [0.1, 0.15) is 0 Å². The molecule has 0 saturated carbocycles. The first-order valence-corrected chi connectivity index (χ1v) is 6.88. The lowest BCUT2D eigenvalue weighted by Gasteiger charge is -2.18. The molecule has 3 heterocycles. The SMILES string of the molecule is CC1=CNNC(c2cn(C)nc2C(=O)N2CCCC2)=C1. The van der Waals surface area contributed by atoms with Gasteiger partial charge in [0.05, 0.1) is 11.3 Å². The number of carbonyl (C=O) groups is 1. The standard InChI is InChI=1S/C14H19N5O/c1-10-7-12(16-15-8-10)11-9-18(2)17-13(11)14(20)19-5-3-4-6-19/h7-9,15-16H,3-6H2,1-2H3. The summed E-state index contributed by atoms with van der Waals surface area (Å²) < 4.78 is 1.69. The van der Waals surface area contributed by atoms with Gasteiger partial charge in [-0.1, -0.05) is 0 Å². The van der Waals surface area contributed by atoms with Crippen molar-refractivity contribution in [2.45, 2.75) is 19.8 Å². The molecule has 1 fully saturated rings. The lowest BCUT2D eigenvalue weighted by atomic mass is 10.1. The molecule has 3 rings (SSSR count). The minimum absolute atomic E-state index is 0.0213. The van der Waals surface area contributed by atoms with Crippen LogP contribution in [0.4, 0.5) is 0 Å². The highest BCUT2D eigenvalue weighted by atomic mass is 16.2. The minimum Gasteiger partial charge on any atom is -0.337 e. The summed E-state index contributed by atoms with van der Waals surface area (Å²) in [5, 5.41) is 4.35. The van der Waals surface area contributed by atoms with E-state index in [-0.39, 0.29) is 5.91 Å². The Morgan fingerprint density at radius 2 is 2.10 bits per heavy atom. The Morgan fingerprint density at radius 3 is 2.80 bits per heavy atom. The zero-order valence-electron chi connectivity index (χ0n) is 11.8. The van der Waals surface area contributed by atoms with Gasteiger partial charge >= 0.3 is 0 Å². The molecular formula is C14H19N5O. The van der Waals surface area contributed by atoms with Gasteiger partial charge in [0.15, 0.2) is 5.69 Å². The Labute approximate surface area is 118 Å². The first-order valence-electron chi connectivity index (χ1n) is 6.88. The van der Waals surface area contributed by atoms with Crippen LogP contribution >= 0.6 is 0 Å². The lowest BCUT2D eigenvalue weighted by Crippen LogP contribution is -2.31. The number of nitrogens with one attached hydrogen (secondary N) is 2. The van der Waals surface area contributed by atoms with Crippen LogP contribution in [-0.2, 0) is 7.05 Å². The molecule has 1 aromatic rings. The summed E-state index contributed by atoms with van der Waals surface area (Å²) in [5.41, 5.74) is 9.39. The van der Waals surface area contributed by atoms with E-state index in [1.165, 1.54) is 0 Å². The molecule has 1 saturated heterocycles. The summed E-state index contributed by atoms with van der Waals surface area (Å²) in [4.78, 5) is 14.4. The third kappa shape index (κ3) is 2.29. The topological polar surface area (TPSA) is 62.2 Å². The predicted molar refractivity (Wildman–Crippen MR) is 76.4 cm³/mol. The van der Waals surface area contributed by atoms with E-state index < -0.39 is 0 Å². The fourth-order valence-corrected chi connectivity index (χ4v) is 2.59. The largest absolute Gasteiger partial charge is 0.337 e. The highest BCUT2D eigenvalue weighted by Crippen LogP contribution is 2.21. The van der Waals surface area contributed by atoms with Crippen LogP contribution < -0.4 is 10.9 Å². The second-order valence-electron chi connectivity index (χ2n) is 5.28. The normalized spacial score (nSPS) is 18.2. The summed E-state index contributed by atoms with van der Waals surface area (Å²) in [6.07, 6.45) is 7.93. The molecule has 0 bridgehead atoms. The van der Waals surface area contributed by atoms with E-state index in [9.17, 15) is 4.79 Å². The maximum absolute atomic E-state index is 12.6. The van der Waals surface area contributed by atoms with Crippen molar-refractivity contribution in [1.29, 1.82) is 0 Å². The molecule has 1 aromatic heterocycles. The van der Waals surface area contributed by atoms with Crippen LogP contribution in [0.1, 0.15) is 35.8 Å². The zero-order valence-corrected chi connectivity index (χ0v) is 11.8. The van der Waals surface area contributed by atoms with Crippen molar-refractivity contribution in [3.63, 3.8) is 0 Å². The van der Waals surface area contributed by atoms with Crippen molar-refractivity contribution in [3.8, 4) is 0 Å². The number of hydrogen-bond donors (Lipinski definition) is 2. The highest BCUT2D eigenvalue weighted by molar-refractivity contribution is 5.97. The number of amides is 1. The van der Waals surface area contributed by atoms with E-state index in [4.69, 9.17) is 0 Å². The molecule has 0 aromatic carbocycles. The number of allylic oxidation sites excluding steroid dienone is 2. The van der Waals surface area contributed by atoms with Crippen molar-refractivity contribution in [2.75, 3.05) is 13.1 Å². The molecule has 0 atom stereocenters. The fraction of sp³-hybridized carbons (Fsp3) is 0.429. The average molecular weight is 273 g/mol. The Kier molecular flexibility index (Phi) is 3.22. The van der Waals surface area contributed by atoms with Crippen LogP contribution in [-0.4, -0.2) is 33.7 Å². The van der Waals surface area contributed by atoms with Crippen LogP contribution in [0.5, 0.6) is 0 Å². The third-order valence-corrected chi connectivity index (χ3v) is 3.59. The van der Waals surface area contributed by atoms with Crippen LogP contribution in [0.25, 0.3) is 5.70 Å². The molecule has 0 radical (unpaired) electrons. The summed E-state index contributed by atoms with van der Waals surface area (Å²) >= 11 is 0. The summed E-state index contributed by atoms with van der Waals surface area (Å²) in [7, 11) is 1.84. The smallest absolute Gasteiger partial charge is 0.275 e. The van der Waals surface area contributed by atoms with E-state index in [2.05, 4.69) is 16.0 Å². The van der Waals surface area contributed by atoms with Gasteiger partial charge in [-0.15, -0.1) is 0 Å². The Bertz CT molecular complexity index is 593. The van der Waals surface area contributed by atoms with Crippen molar-refractivity contribution in [1.82, 2.24) is 25.5 Å². The molecule has 106 valence electrons. The molecule has 6 nitrogen and oxygen atoms in total.